The first-order valence-corrected chi connectivity index (χ1v) is 14.5. The number of rotatable bonds is 20. The number of hydrogen-bond donors (Lipinski definition) is 1. The highest BCUT2D eigenvalue weighted by Gasteiger charge is 2.39. The summed E-state index contributed by atoms with van der Waals surface area (Å²) in [7, 11) is -2.57. The van der Waals surface area contributed by atoms with Crippen molar-refractivity contribution in [1.82, 2.24) is 5.32 Å². The van der Waals surface area contributed by atoms with E-state index >= 15 is 0 Å². The highest BCUT2D eigenvalue weighted by Crippen LogP contribution is 2.17. The first-order chi connectivity index (χ1) is 12.7. The summed E-state index contributed by atoms with van der Waals surface area (Å²) in [4.78, 5) is 0. The maximum atomic E-state index is 5.88. The van der Waals surface area contributed by atoms with Gasteiger partial charge in [-0.2, -0.15) is 0 Å². The fourth-order valence-electron chi connectivity index (χ4n) is 2.88. The Morgan fingerprint density at radius 3 is 1.81 bits per heavy atom. The third kappa shape index (κ3) is 13.4. The first-order valence-electron chi connectivity index (χ1n) is 10.5. The Labute approximate surface area is 164 Å². The van der Waals surface area contributed by atoms with E-state index in [4.69, 9.17) is 22.8 Å². The molecule has 0 heterocycles. The lowest BCUT2D eigenvalue weighted by Gasteiger charge is -2.28. The molecule has 26 heavy (non-hydrogen) atoms. The summed E-state index contributed by atoms with van der Waals surface area (Å²) in [6.45, 7) is 15.5. The lowest BCUT2D eigenvalue weighted by Crippen LogP contribution is -2.46. The van der Waals surface area contributed by atoms with Gasteiger partial charge >= 0.3 is 8.80 Å². The summed E-state index contributed by atoms with van der Waals surface area (Å²) < 4.78 is 28.8. The molecule has 0 saturated heterocycles. The van der Waals surface area contributed by atoms with Crippen molar-refractivity contribution in [2.45, 2.75) is 71.9 Å². The number of ether oxygens (including phenoxy) is 2. The molecular weight excluding hydrogens is 366 g/mol. The second-order valence-electron chi connectivity index (χ2n) is 6.03. The van der Waals surface area contributed by atoms with Crippen molar-refractivity contribution in [3.05, 3.63) is 0 Å². The smallest absolute Gasteiger partial charge is 0.374 e. The van der Waals surface area contributed by atoms with Crippen LogP contribution in [0.15, 0.2) is 0 Å². The standard InChI is InChI=1S/C18H43NO5Si2/c1-6-20-18(21-7-2)17-25-15-11-13-19-14-12-16-26(22-8-3,23-9-4)24-10-5/h18-19H,6-17,25H2,1-5H3. The molecule has 0 fully saturated rings. The van der Waals surface area contributed by atoms with Crippen molar-refractivity contribution in [2.24, 2.45) is 0 Å². The van der Waals surface area contributed by atoms with Gasteiger partial charge in [-0.15, -0.1) is 0 Å². The Morgan fingerprint density at radius 2 is 1.31 bits per heavy atom. The Kier molecular flexibility index (Phi) is 18.7. The van der Waals surface area contributed by atoms with Crippen LogP contribution in [0.2, 0.25) is 18.1 Å². The van der Waals surface area contributed by atoms with Gasteiger partial charge in [0.1, 0.15) is 0 Å². The van der Waals surface area contributed by atoms with Gasteiger partial charge < -0.3 is 28.1 Å². The molecule has 1 N–H and O–H groups in total. The van der Waals surface area contributed by atoms with Crippen LogP contribution in [0.4, 0.5) is 0 Å². The lowest BCUT2D eigenvalue weighted by atomic mass is 10.4. The molecule has 6 nitrogen and oxygen atoms in total. The minimum Gasteiger partial charge on any atom is -0.374 e. The summed E-state index contributed by atoms with van der Waals surface area (Å²) in [5.41, 5.74) is 0. The first kappa shape index (κ1) is 26.2. The van der Waals surface area contributed by atoms with Gasteiger partial charge in [0.15, 0.2) is 6.29 Å². The van der Waals surface area contributed by atoms with Crippen LogP contribution in [-0.2, 0) is 22.8 Å². The molecule has 0 aliphatic carbocycles. The fraction of sp³-hybridized carbons (Fsp3) is 1.00. The van der Waals surface area contributed by atoms with Crippen LogP contribution in [0.1, 0.15) is 47.5 Å². The van der Waals surface area contributed by atoms with Crippen molar-refractivity contribution in [1.29, 1.82) is 0 Å². The average Bonchev–Trinajstić information content (AvgIpc) is 2.61. The monoisotopic (exact) mass is 409 g/mol. The molecule has 0 aromatic rings. The van der Waals surface area contributed by atoms with Crippen molar-refractivity contribution in [3.8, 4) is 0 Å². The lowest BCUT2D eigenvalue weighted by molar-refractivity contribution is -0.123. The third-order valence-corrected chi connectivity index (χ3v) is 8.96. The normalized spacial score (nSPS) is 12.7. The molecule has 0 aromatic heterocycles. The molecular formula is C18H43NO5Si2. The molecule has 158 valence electrons. The molecule has 0 aromatic carbocycles. The second-order valence-corrected chi connectivity index (χ2v) is 10.7. The van der Waals surface area contributed by atoms with Gasteiger partial charge in [0, 0.05) is 48.6 Å². The van der Waals surface area contributed by atoms with Crippen LogP contribution in [0.25, 0.3) is 0 Å². The Balaban J connectivity index is 3.77. The van der Waals surface area contributed by atoms with Crippen LogP contribution < -0.4 is 5.32 Å². The van der Waals surface area contributed by atoms with E-state index in [2.05, 4.69) is 5.32 Å². The largest absolute Gasteiger partial charge is 0.500 e. The molecule has 0 amide bonds. The fourth-order valence-corrected chi connectivity index (χ4v) is 7.05. The van der Waals surface area contributed by atoms with Crippen LogP contribution in [0, 0.1) is 0 Å². The van der Waals surface area contributed by atoms with E-state index in [1.54, 1.807) is 0 Å². The van der Waals surface area contributed by atoms with Crippen molar-refractivity contribution >= 4 is 18.3 Å². The van der Waals surface area contributed by atoms with Gasteiger partial charge in [0.05, 0.1) is 0 Å². The zero-order chi connectivity index (χ0) is 19.5. The van der Waals surface area contributed by atoms with Gasteiger partial charge in [-0.05, 0) is 66.6 Å². The second kappa shape index (κ2) is 18.6. The predicted octanol–water partition coefficient (Wildman–Crippen LogP) is 2.81. The summed E-state index contributed by atoms with van der Waals surface area (Å²) in [5.74, 6) is 0. The minimum atomic E-state index is -2.47. The number of nitrogens with one attached hydrogen (secondary N) is 1. The van der Waals surface area contributed by atoms with E-state index in [9.17, 15) is 0 Å². The van der Waals surface area contributed by atoms with Gasteiger partial charge in [-0.3, -0.25) is 0 Å². The van der Waals surface area contributed by atoms with Crippen molar-refractivity contribution < 1.29 is 22.8 Å². The van der Waals surface area contributed by atoms with Crippen LogP contribution >= 0.6 is 0 Å². The maximum absolute atomic E-state index is 5.88. The van der Waals surface area contributed by atoms with E-state index in [1.165, 1.54) is 12.5 Å². The summed E-state index contributed by atoms with van der Waals surface area (Å²) in [5, 5.41) is 3.54. The average molecular weight is 410 g/mol. The summed E-state index contributed by atoms with van der Waals surface area (Å²) >= 11 is 0. The highest BCUT2D eigenvalue weighted by atomic mass is 28.4. The van der Waals surface area contributed by atoms with E-state index < -0.39 is 8.80 Å². The molecule has 0 rings (SSSR count). The Hall–Kier alpha value is 0.194. The molecule has 0 atom stereocenters. The minimum absolute atomic E-state index is 0.0263. The Morgan fingerprint density at radius 1 is 0.769 bits per heavy atom. The highest BCUT2D eigenvalue weighted by molar-refractivity contribution is 6.60. The topological polar surface area (TPSA) is 58.2 Å². The Bertz CT molecular complexity index is 278. The van der Waals surface area contributed by atoms with E-state index in [0.29, 0.717) is 19.8 Å². The molecule has 0 aliphatic rings. The van der Waals surface area contributed by atoms with Crippen molar-refractivity contribution in [2.75, 3.05) is 46.1 Å². The SMILES string of the molecule is CCOC(C[SiH2]CCCNCCC[Si](OCC)(OCC)OCC)OCC. The van der Waals surface area contributed by atoms with E-state index in [0.717, 1.165) is 44.8 Å². The summed E-state index contributed by atoms with van der Waals surface area (Å²) in [6.07, 6.45) is 2.29. The zero-order valence-corrected chi connectivity index (χ0v) is 20.2. The summed E-state index contributed by atoms with van der Waals surface area (Å²) in [6, 6.07) is 3.33. The zero-order valence-electron chi connectivity index (χ0n) is 17.8. The van der Waals surface area contributed by atoms with E-state index in [1.807, 2.05) is 34.6 Å². The maximum Gasteiger partial charge on any atom is 0.500 e. The van der Waals surface area contributed by atoms with Gasteiger partial charge in [-0.25, -0.2) is 0 Å². The van der Waals surface area contributed by atoms with Gasteiger partial charge in [-0.1, -0.05) is 6.04 Å². The molecule has 0 unspecified atom stereocenters. The number of hydrogen-bond acceptors (Lipinski definition) is 6. The molecule has 0 bridgehead atoms. The van der Waals surface area contributed by atoms with Crippen LogP contribution in [0.5, 0.6) is 0 Å². The van der Waals surface area contributed by atoms with Crippen LogP contribution in [0.3, 0.4) is 0 Å². The molecule has 0 spiro atoms. The molecule has 0 radical (unpaired) electrons. The quantitative estimate of drug-likeness (QED) is 0.190. The van der Waals surface area contributed by atoms with Gasteiger partial charge in [0.2, 0.25) is 0 Å². The predicted molar refractivity (Wildman–Crippen MR) is 113 cm³/mol. The van der Waals surface area contributed by atoms with Crippen molar-refractivity contribution in [3.63, 3.8) is 0 Å². The third-order valence-electron chi connectivity index (χ3n) is 3.93. The van der Waals surface area contributed by atoms with E-state index in [-0.39, 0.29) is 15.8 Å². The molecule has 0 aliphatic heterocycles. The van der Waals surface area contributed by atoms with Crippen LogP contribution in [-0.4, -0.2) is 70.7 Å². The molecule has 8 heteroatoms. The molecule has 0 saturated carbocycles. The van der Waals surface area contributed by atoms with Gasteiger partial charge in [0.25, 0.3) is 0 Å².